The molecule has 1 saturated heterocycles. The van der Waals surface area contributed by atoms with Gasteiger partial charge < -0.3 is 27.0 Å². The highest BCUT2D eigenvalue weighted by atomic mass is 32.1. The molecule has 1 fully saturated rings. The second-order valence-electron chi connectivity index (χ2n) is 10.9. The van der Waals surface area contributed by atoms with Crippen molar-refractivity contribution in [3.8, 4) is 0 Å². The first-order valence-electron chi connectivity index (χ1n) is 14.9. The number of hydrogen-bond acceptors (Lipinski definition) is 8. The van der Waals surface area contributed by atoms with Gasteiger partial charge in [0.05, 0.1) is 12.8 Å². The van der Waals surface area contributed by atoms with E-state index in [0.29, 0.717) is 36.6 Å². The number of anilines is 1. The Balaban J connectivity index is 1.14. The number of hydrogen-bond donors (Lipinski definition) is 4. The van der Waals surface area contributed by atoms with Crippen molar-refractivity contribution in [2.75, 3.05) is 11.9 Å². The van der Waals surface area contributed by atoms with Gasteiger partial charge in [-0.1, -0.05) is 53.8 Å². The minimum absolute atomic E-state index is 0.151. The van der Waals surface area contributed by atoms with Crippen LogP contribution in [0.2, 0.25) is 0 Å². The summed E-state index contributed by atoms with van der Waals surface area (Å²) in [6.45, 7) is 1.37. The van der Waals surface area contributed by atoms with Gasteiger partial charge in [-0.3, -0.25) is 14.4 Å². The van der Waals surface area contributed by atoms with Gasteiger partial charge in [0, 0.05) is 31.6 Å². The van der Waals surface area contributed by atoms with Crippen molar-refractivity contribution in [1.29, 1.82) is 0 Å². The van der Waals surface area contributed by atoms with Gasteiger partial charge in [0.2, 0.25) is 22.9 Å². The number of rotatable bonds is 14. The topological polar surface area (TPSA) is 156 Å². The molecule has 0 unspecified atom stereocenters. The molecule has 1 aliphatic heterocycles. The highest BCUT2D eigenvalue weighted by Crippen LogP contribution is 2.19. The Kier molecular flexibility index (Phi) is 12.1. The number of aryl methyl sites for hydroxylation is 1. The Morgan fingerprint density at radius 2 is 1.88 bits per heavy atom. The van der Waals surface area contributed by atoms with Gasteiger partial charge >= 0.3 is 0 Å². The smallest absolute Gasteiger partial charge is 0.230 e. The van der Waals surface area contributed by atoms with Crippen LogP contribution >= 0.6 is 11.3 Å². The van der Waals surface area contributed by atoms with Crippen molar-refractivity contribution >= 4 is 34.2 Å². The summed E-state index contributed by atoms with van der Waals surface area (Å²) in [5, 5.41) is 15.2. The molecule has 2 aromatic rings. The molecule has 11 heteroatoms. The minimum Gasteiger partial charge on any atom is -0.402 e. The summed E-state index contributed by atoms with van der Waals surface area (Å²) in [5.41, 5.74) is 15.6. The largest absolute Gasteiger partial charge is 0.402 e. The molecule has 0 radical (unpaired) electrons. The number of aromatic nitrogens is 2. The van der Waals surface area contributed by atoms with Crippen molar-refractivity contribution in [2.24, 2.45) is 11.5 Å². The summed E-state index contributed by atoms with van der Waals surface area (Å²) in [7, 11) is 0. The van der Waals surface area contributed by atoms with Crippen molar-refractivity contribution in [2.45, 2.75) is 77.2 Å². The lowest BCUT2D eigenvalue weighted by Gasteiger charge is -2.26. The predicted molar refractivity (Wildman–Crippen MR) is 169 cm³/mol. The van der Waals surface area contributed by atoms with Crippen molar-refractivity contribution in [3.05, 3.63) is 87.9 Å². The molecular weight excluding hydrogens is 562 g/mol. The van der Waals surface area contributed by atoms with Crippen LogP contribution in [0.5, 0.6) is 0 Å². The fourth-order valence-corrected chi connectivity index (χ4v) is 5.76. The first-order valence-corrected chi connectivity index (χ1v) is 15.7. The third-order valence-electron chi connectivity index (χ3n) is 7.17. The quantitative estimate of drug-likeness (QED) is 0.185. The number of benzene rings is 1. The lowest BCUT2D eigenvalue weighted by Crippen LogP contribution is -2.34. The maximum atomic E-state index is 12.6. The van der Waals surface area contributed by atoms with Crippen LogP contribution in [-0.4, -0.2) is 39.4 Å². The molecule has 1 aliphatic carbocycles. The monoisotopic (exact) mass is 603 g/mol. The number of carbonyl (C=O) groups excluding carboxylic acids is 3. The molecule has 2 aliphatic rings. The molecule has 228 valence electrons. The number of likely N-dealkylation sites (tertiary alicyclic amines) is 1. The van der Waals surface area contributed by atoms with Crippen LogP contribution in [0.3, 0.4) is 0 Å². The molecule has 0 atom stereocenters. The molecule has 0 saturated carbocycles. The minimum atomic E-state index is -0.154. The summed E-state index contributed by atoms with van der Waals surface area (Å²) in [6.07, 6.45) is 17.7. The van der Waals surface area contributed by atoms with Crippen LogP contribution in [0.25, 0.3) is 0 Å². The molecule has 4 rings (SSSR count). The van der Waals surface area contributed by atoms with E-state index in [0.717, 1.165) is 73.2 Å². The zero-order chi connectivity index (χ0) is 30.4. The summed E-state index contributed by atoms with van der Waals surface area (Å²) in [4.78, 5) is 38.8. The zero-order valence-electron chi connectivity index (χ0n) is 24.5. The van der Waals surface area contributed by atoms with E-state index in [1.807, 2.05) is 35.2 Å². The van der Waals surface area contributed by atoms with Gasteiger partial charge in [-0.05, 0) is 73.8 Å². The number of carbonyl (C=O) groups is 3. The molecule has 43 heavy (non-hydrogen) atoms. The second-order valence-corrected chi connectivity index (χ2v) is 11.9. The average molecular weight is 604 g/mol. The van der Waals surface area contributed by atoms with Crippen LogP contribution < -0.4 is 22.1 Å². The summed E-state index contributed by atoms with van der Waals surface area (Å²) in [6, 6.07) is 7.82. The van der Waals surface area contributed by atoms with E-state index in [2.05, 4.69) is 33.0 Å². The van der Waals surface area contributed by atoms with E-state index in [4.69, 9.17) is 11.5 Å². The lowest BCUT2D eigenvalue weighted by atomic mass is 10.0. The van der Waals surface area contributed by atoms with Crippen LogP contribution in [-0.2, 0) is 33.8 Å². The number of nitrogens with zero attached hydrogens (tertiary/aromatic N) is 3. The third-order valence-corrected chi connectivity index (χ3v) is 8.07. The van der Waals surface area contributed by atoms with Crippen LogP contribution in [0.4, 0.5) is 5.13 Å². The predicted octanol–water partition coefficient (Wildman–Crippen LogP) is 4.37. The number of nitrogens with two attached hydrogens (primary N) is 2. The average Bonchev–Trinajstić information content (AvgIpc) is 3.43. The van der Waals surface area contributed by atoms with E-state index >= 15 is 0 Å². The van der Waals surface area contributed by atoms with Crippen LogP contribution in [0.15, 0.2) is 71.7 Å². The van der Waals surface area contributed by atoms with Crippen molar-refractivity contribution in [1.82, 2.24) is 20.4 Å². The van der Waals surface area contributed by atoms with Crippen molar-refractivity contribution in [3.63, 3.8) is 0 Å². The number of unbranched alkanes of at least 4 members (excludes halogenated alkanes) is 1. The first-order chi connectivity index (χ1) is 20.8. The fraction of sp³-hybridized carbons (Fsp3) is 0.406. The zero-order valence-corrected chi connectivity index (χ0v) is 25.3. The Hall–Kier alpha value is -4.25. The molecule has 0 spiro atoms. The number of allylic oxidation sites excluding steroid dienone is 6. The van der Waals surface area contributed by atoms with E-state index in [1.54, 1.807) is 12.2 Å². The highest BCUT2D eigenvalue weighted by Gasteiger charge is 2.18. The number of piperidine rings is 1. The normalized spacial score (nSPS) is 15.8. The van der Waals surface area contributed by atoms with Crippen LogP contribution in [0, 0.1) is 0 Å². The highest BCUT2D eigenvalue weighted by molar-refractivity contribution is 7.15. The maximum absolute atomic E-state index is 12.6. The molecule has 3 amide bonds. The van der Waals surface area contributed by atoms with Gasteiger partial charge in [-0.15, -0.1) is 10.2 Å². The van der Waals surface area contributed by atoms with Gasteiger partial charge in [-0.2, -0.15) is 0 Å². The second kappa shape index (κ2) is 16.4. The van der Waals surface area contributed by atoms with E-state index in [1.165, 1.54) is 11.3 Å². The van der Waals surface area contributed by atoms with E-state index < -0.39 is 0 Å². The molecule has 6 N–H and O–H groups in total. The molecule has 1 aromatic carbocycles. The Morgan fingerprint density at radius 3 is 2.70 bits per heavy atom. The van der Waals surface area contributed by atoms with E-state index in [-0.39, 0.29) is 30.0 Å². The van der Waals surface area contributed by atoms with Gasteiger partial charge in [0.25, 0.3) is 0 Å². The van der Waals surface area contributed by atoms with Gasteiger partial charge in [-0.25, -0.2) is 0 Å². The Morgan fingerprint density at radius 1 is 1.02 bits per heavy atom. The Labute approximate surface area is 257 Å². The lowest BCUT2D eigenvalue weighted by molar-refractivity contribution is -0.133. The molecule has 10 nitrogen and oxygen atoms in total. The fourth-order valence-electron chi connectivity index (χ4n) is 4.96. The SMILES string of the molecule is N/C(=C\C=C(/N)NC(=O)CC1=CCCC=C1)CCCCc1nnc(NC(=O)Cc2cccc(CN3CCCCC3=O)c2)s1. The number of amides is 3. The summed E-state index contributed by atoms with van der Waals surface area (Å²) < 4.78 is 0. The van der Waals surface area contributed by atoms with E-state index in [9.17, 15) is 14.4 Å². The molecule has 1 aromatic heterocycles. The van der Waals surface area contributed by atoms with Crippen molar-refractivity contribution < 1.29 is 14.4 Å². The van der Waals surface area contributed by atoms with Gasteiger partial charge in [0.15, 0.2) is 0 Å². The molecular formula is C32H41N7O3S. The summed E-state index contributed by atoms with van der Waals surface area (Å²) >= 11 is 1.37. The number of nitrogens with one attached hydrogen (secondary N) is 2. The first kappa shape index (κ1) is 31.7. The standard InChI is InChI=1S/C32H41N7O3S/c33-26(16-17-27(34)35-28(40)20-23-9-2-1-3-10-23)13-4-5-14-30-37-38-32(43-30)36-29(41)21-24-11-8-12-25(19-24)22-39-18-7-6-15-31(39)42/h2,8-12,16-17,19H,1,3-7,13-15,18,20-22,33-34H2,(H,35,40)(H,36,38,41)/b26-16-,27-17+. The maximum Gasteiger partial charge on any atom is 0.230 e. The van der Waals surface area contributed by atoms with Gasteiger partial charge in [0.1, 0.15) is 10.8 Å². The molecule has 2 heterocycles. The van der Waals surface area contributed by atoms with Crippen LogP contribution in [0.1, 0.15) is 73.9 Å². The summed E-state index contributed by atoms with van der Waals surface area (Å²) in [5.74, 6) is 0.154. The molecule has 0 bridgehead atoms. The third kappa shape index (κ3) is 11.2. The Bertz CT molecular complexity index is 1410.